The van der Waals surface area contributed by atoms with Crippen molar-refractivity contribution >= 4 is 0 Å². The van der Waals surface area contributed by atoms with E-state index in [1.54, 1.807) is 0 Å². The summed E-state index contributed by atoms with van der Waals surface area (Å²) in [6, 6.07) is 0.952. The molecular formula is C19H38N2. The maximum Gasteiger partial charge on any atom is 0.00416 e. The van der Waals surface area contributed by atoms with E-state index < -0.39 is 0 Å². The standard InChI is InChI=1S/C19H38N2/c1-3-5-14-12-18(20)9-7-16(14)11-17-8-10-19(21)13-15(17)6-4-2/h14-19H,3-13,20-21H2,1-2H3. The topological polar surface area (TPSA) is 52.0 Å². The summed E-state index contributed by atoms with van der Waals surface area (Å²) in [5, 5.41) is 0. The third-order valence-electron chi connectivity index (χ3n) is 6.29. The van der Waals surface area contributed by atoms with Crippen LogP contribution in [-0.2, 0) is 0 Å². The van der Waals surface area contributed by atoms with Crippen LogP contribution < -0.4 is 11.5 Å². The average Bonchev–Trinajstić information content (AvgIpc) is 2.45. The molecular weight excluding hydrogens is 256 g/mol. The van der Waals surface area contributed by atoms with E-state index in [1.165, 1.54) is 70.6 Å². The molecule has 124 valence electrons. The van der Waals surface area contributed by atoms with Crippen molar-refractivity contribution < 1.29 is 0 Å². The summed E-state index contributed by atoms with van der Waals surface area (Å²) in [6.07, 6.45) is 14.7. The van der Waals surface area contributed by atoms with E-state index in [-0.39, 0.29) is 0 Å². The number of hydrogen-bond acceptors (Lipinski definition) is 2. The van der Waals surface area contributed by atoms with Crippen molar-refractivity contribution in [2.45, 2.75) is 96.6 Å². The zero-order chi connectivity index (χ0) is 15.2. The molecule has 0 aromatic rings. The van der Waals surface area contributed by atoms with Gasteiger partial charge in [-0.05, 0) is 68.6 Å². The van der Waals surface area contributed by atoms with Crippen LogP contribution in [0.2, 0.25) is 0 Å². The first-order valence-corrected chi connectivity index (χ1v) is 9.65. The van der Waals surface area contributed by atoms with Crippen molar-refractivity contribution in [1.29, 1.82) is 0 Å². The van der Waals surface area contributed by atoms with Crippen LogP contribution >= 0.6 is 0 Å². The van der Waals surface area contributed by atoms with Gasteiger partial charge in [-0.15, -0.1) is 0 Å². The van der Waals surface area contributed by atoms with Crippen LogP contribution in [0.1, 0.15) is 84.5 Å². The fraction of sp³-hybridized carbons (Fsp3) is 1.00. The Bertz CT molecular complexity index is 263. The maximum absolute atomic E-state index is 6.23. The lowest BCUT2D eigenvalue weighted by Gasteiger charge is -2.41. The summed E-state index contributed by atoms with van der Waals surface area (Å²) in [5.41, 5.74) is 12.5. The molecule has 0 radical (unpaired) electrons. The highest BCUT2D eigenvalue weighted by Crippen LogP contribution is 2.42. The predicted molar refractivity (Wildman–Crippen MR) is 92.0 cm³/mol. The lowest BCUT2D eigenvalue weighted by Crippen LogP contribution is -2.38. The molecule has 6 unspecified atom stereocenters. The molecule has 0 bridgehead atoms. The highest BCUT2D eigenvalue weighted by atomic mass is 14.7. The second-order valence-corrected chi connectivity index (χ2v) is 8.00. The van der Waals surface area contributed by atoms with Crippen LogP contribution in [0.25, 0.3) is 0 Å². The Labute approximate surface area is 132 Å². The lowest BCUT2D eigenvalue weighted by molar-refractivity contribution is 0.115. The Hall–Kier alpha value is -0.0800. The highest BCUT2D eigenvalue weighted by Gasteiger charge is 2.34. The van der Waals surface area contributed by atoms with Crippen molar-refractivity contribution in [3.63, 3.8) is 0 Å². The van der Waals surface area contributed by atoms with Gasteiger partial charge in [0.05, 0.1) is 0 Å². The zero-order valence-corrected chi connectivity index (χ0v) is 14.4. The van der Waals surface area contributed by atoms with Crippen molar-refractivity contribution in [2.24, 2.45) is 35.1 Å². The van der Waals surface area contributed by atoms with Gasteiger partial charge in [0.15, 0.2) is 0 Å². The largest absolute Gasteiger partial charge is 0.328 e. The summed E-state index contributed by atoms with van der Waals surface area (Å²) in [6.45, 7) is 4.66. The monoisotopic (exact) mass is 294 g/mol. The summed E-state index contributed by atoms with van der Waals surface area (Å²) in [4.78, 5) is 0. The SMILES string of the molecule is CCCC1CC(N)CCC1CC1CCC(N)CC1CCC. The van der Waals surface area contributed by atoms with Crippen LogP contribution in [-0.4, -0.2) is 12.1 Å². The van der Waals surface area contributed by atoms with Crippen molar-refractivity contribution in [3.05, 3.63) is 0 Å². The number of rotatable bonds is 6. The average molecular weight is 295 g/mol. The molecule has 2 aliphatic rings. The fourth-order valence-corrected chi connectivity index (χ4v) is 5.18. The molecule has 0 heterocycles. The minimum atomic E-state index is 0.476. The molecule has 2 saturated carbocycles. The zero-order valence-electron chi connectivity index (χ0n) is 14.4. The van der Waals surface area contributed by atoms with Gasteiger partial charge in [-0.1, -0.05) is 39.5 Å². The molecule has 2 fully saturated rings. The smallest absolute Gasteiger partial charge is 0.00416 e. The minimum absolute atomic E-state index is 0.476. The second-order valence-electron chi connectivity index (χ2n) is 8.00. The first-order valence-electron chi connectivity index (χ1n) is 9.65. The molecule has 2 aliphatic carbocycles. The molecule has 0 aliphatic heterocycles. The van der Waals surface area contributed by atoms with Gasteiger partial charge in [0.25, 0.3) is 0 Å². The van der Waals surface area contributed by atoms with Gasteiger partial charge >= 0.3 is 0 Å². The van der Waals surface area contributed by atoms with Crippen LogP contribution in [0.5, 0.6) is 0 Å². The Kier molecular flexibility index (Phi) is 7.01. The maximum atomic E-state index is 6.23. The molecule has 2 heteroatoms. The molecule has 21 heavy (non-hydrogen) atoms. The Balaban J connectivity index is 1.93. The molecule has 2 rings (SSSR count). The van der Waals surface area contributed by atoms with E-state index in [0.717, 1.165) is 23.7 Å². The third kappa shape index (κ3) is 4.96. The molecule has 0 aromatic carbocycles. The van der Waals surface area contributed by atoms with Crippen LogP contribution in [0, 0.1) is 23.7 Å². The van der Waals surface area contributed by atoms with E-state index in [0.29, 0.717) is 12.1 Å². The first kappa shape index (κ1) is 17.3. The molecule has 0 spiro atoms. The van der Waals surface area contributed by atoms with Crippen molar-refractivity contribution in [2.75, 3.05) is 0 Å². The molecule has 0 saturated heterocycles. The van der Waals surface area contributed by atoms with Gasteiger partial charge in [-0.3, -0.25) is 0 Å². The Morgan fingerprint density at radius 1 is 0.667 bits per heavy atom. The van der Waals surface area contributed by atoms with E-state index in [4.69, 9.17) is 11.5 Å². The quantitative estimate of drug-likeness (QED) is 0.759. The normalized spacial score (nSPS) is 41.1. The highest BCUT2D eigenvalue weighted by molar-refractivity contribution is 4.88. The predicted octanol–water partition coefficient (Wildman–Crippen LogP) is 4.46. The van der Waals surface area contributed by atoms with Crippen LogP contribution in [0.4, 0.5) is 0 Å². The van der Waals surface area contributed by atoms with Gasteiger partial charge in [0.2, 0.25) is 0 Å². The van der Waals surface area contributed by atoms with E-state index in [2.05, 4.69) is 13.8 Å². The van der Waals surface area contributed by atoms with Gasteiger partial charge in [0, 0.05) is 12.1 Å². The van der Waals surface area contributed by atoms with Gasteiger partial charge in [0.1, 0.15) is 0 Å². The van der Waals surface area contributed by atoms with Crippen LogP contribution in [0.15, 0.2) is 0 Å². The van der Waals surface area contributed by atoms with E-state index in [1.807, 2.05) is 0 Å². The van der Waals surface area contributed by atoms with Crippen LogP contribution in [0.3, 0.4) is 0 Å². The third-order valence-corrected chi connectivity index (χ3v) is 6.29. The number of nitrogens with two attached hydrogens (primary N) is 2. The molecule has 0 amide bonds. The van der Waals surface area contributed by atoms with Crippen molar-refractivity contribution in [1.82, 2.24) is 0 Å². The van der Waals surface area contributed by atoms with Gasteiger partial charge < -0.3 is 11.5 Å². The summed E-state index contributed by atoms with van der Waals surface area (Å²) < 4.78 is 0. The molecule has 2 nitrogen and oxygen atoms in total. The van der Waals surface area contributed by atoms with Crippen molar-refractivity contribution in [3.8, 4) is 0 Å². The molecule has 4 N–H and O–H groups in total. The molecule has 0 aromatic heterocycles. The molecule has 6 atom stereocenters. The minimum Gasteiger partial charge on any atom is -0.328 e. The second kappa shape index (κ2) is 8.53. The van der Waals surface area contributed by atoms with Gasteiger partial charge in [-0.25, -0.2) is 0 Å². The van der Waals surface area contributed by atoms with Gasteiger partial charge in [-0.2, -0.15) is 0 Å². The summed E-state index contributed by atoms with van der Waals surface area (Å²) in [7, 11) is 0. The fourth-order valence-electron chi connectivity index (χ4n) is 5.18. The lowest BCUT2D eigenvalue weighted by atomic mass is 9.66. The van der Waals surface area contributed by atoms with E-state index >= 15 is 0 Å². The Morgan fingerprint density at radius 2 is 1.10 bits per heavy atom. The first-order chi connectivity index (χ1) is 10.1. The Morgan fingerprint density at radius 3 is 1.48 bits per heavy atom. The van der Waals surface area contributed by atoms with E-state index in [9.17, 15) is 0 Å². The number of hydrogen-bond donors (Lipinski definition) is 2. The summed E-state index contributed by atoms with van der Waals surface area (Å²) >= 11 is 0. The summed E-state index contributed by atoms with van der Waals surface area (Å²) in [5.74, 6) is 3.69.